The zero-order chi connectivity index (χ0) is 29.3. The lowest BCUT2D eigenvalue weighted by Gasteiger charge is -2.32. The van der Waals surface area contributed by atoms with Crippen LogP contribution in [0, 0.1) is 0 Å². The molecule has 1 aliphatic carbocycles. The summed E-state index contributed by atoms with van der Waals surface area (Å²) in [6.45, 7) is 2.50. The molecule has 0 bridgehead atoms. The average molecular weight is 596 g/mol. The number of anilines is 1. The van der Waals surface area contributed by atoms with Gasteiger partial charge in [0.25, 0.3) is 5.56 Å². The Morgan fingerprint density at radius 3 is 2.40 bits per heavy atom. The zero-order valence-electron chi connectivity index (χ0n) is 23.2. The number of aromatic nitrogens is 3. The molecule has 42 heavy (non-hydrogen) atoms. The third kappa shape index (κ3) is 6.03. The summed E-state index contributed by atoms with van der Waals surface area (Å²) in [7, 11) is 0. The molecule has 1 aliphatic heterocycles. The average Bonchev–Trinajstić information content (AvgIpc) is 3.51. The predicted molar refractivity (Wildman–Crippen MR) is 160 cm³/mol. The number of nitrogens with one attached hydrogen (secondary N) is 1. The highest BCUT2D eigenvalue weighted by molar-refractivity contribution is 6.31. The summed E-state index contributed by atoms with van der Waals surface area (Å²) >= 11 is 6.04. The Labute approximate surface area is 247 Å². The van der Waals surface area contributed by atoms with Crippen molar-refractivity contribution >= 4 is 28.6 Å². The predicted octanol–water partition coefficient (Wildman–Crippen LogP) is 7.05. The molecular formula is C32H33ClF3N5O. The Morgan fingerprint density at radius 2 is 1.71 bits per heavy atom. The first kappa shape index (κ1) is 28.7. The first-order valence-corrected chi connectivity index (χ1v) is 15.0. The van der Waals surface area contributed by atoms with Crippen molar-refractivity contribution in [2.24, 2.45) is 0 Å². The topological polar surface area (TPSA) is 63.1 Å². The molecule has 2 aliphatic rings. The van der Waals surface area contributed by atoms with E-state index in [2.05, 4.69) is 39.5 Å². The third-order valence-corrected chi connectivity index (χ3v) is 8.83. The molecule has 2 aromatic carbocycles. The van der Waals surface area contributed by atoms with Gasteiger partial charge in [0.1, 0.15) is 5.65 Å². The molecule has 6 nitrogen and oxygen atoms in total. The minimum Gasteiger partial charge on any atom is -0.341 e. The molecule has 10 heteroatoms. The van der Waals surface area contributed by atoms with Gasteiger partial charge in [0, 0.05) is 42.8 Å². The Kier molecular flexibility index (Phi) is 8.23. The molecule has 4 aromatic rings. The molecule has 1 saturated heterocycles. The molecule has 220 valence electrons. The van der Waals surface area contributed by atoms with Crippen LogP contribution in [-0.2, 0) is 12.6 Å². The minimum absolute atomic E-state index is 0.0348. The molecule has 0 amide bonds. The van der Waals surface area contributed by atoms with Crippen molar-refractivity contribution in [3.8, 4) is 11.1 Å². The molecule has 1 saturated carbocycles. The number of nitrogens with zero attached hydrogens (tertiary/aromatic N) is 4. The molecule has 0 spiro atoms. The van der Waals surface area contributed by atoms with Gasteiger partial charge in [-0.2, -0.15) is 18.2 Å². The van der Waals surface area contributed by atoms with Gasteiger partial charge in [0.15, 0.2) is 0 Å². The van der Waals surface area contributed by atoms with Crippen molar-refractivity contribution in [1.29, 1.82) is 0 Å². The Morgan fingerprint density at radius 1 is 0.976 bits per heavy atom. The second-order valence-electron chi connectivity index (χ2n) is 11.3. The maximum Gasteiger partial charge on any atom is 0.417 e. The van der Waals surface area contributed by atoms with Crippen molar-refractivity contribution in [1.82, 2.24) is 19.9 Å². The smallest absolute Gasteiger partial charge is 0.341 e. The number of piperidine rings is 1. The highest BCUT2D eigenvalue weighted by atomic mass is 35.5. The van der Waals surface area contributed by atoms with E-state index in [1.165, 1.54) is 23.8 Å². The molecule has 0 atom stereocenters. The summed E-state index contributed by atoms with van der Waals surface area (Å²) in [4.78, 5) is 25.3. The van der Waals surface area contributed by atoms with Crippen LogP contribution in [0.15, 0.2) is 65.6 Å². The van der Waals surface area contributed by atoms with Crippen molar-refractivity contribution in [2.45, 2.75) is 63.2 Å². The van der Waals surface area contributed by atoms with E-state index in [0.717, 1.165) is 70.6 Å². The third-order valence-electron chi connectivity index (χ3n) is 8.52. The summed E-state index contributed by atoms with van der Waals surface area (Å²) in [6.07, 6.45) is 3.89. The molecule has 0 radical (unpaired) electrons. The fourth-order valence-electron chi connectivity index (χ4n) is 6.28. The number of halogens is 4. The van der Waals surface area contributed by atoms with Crippen LogP contribution in [0.2, 0.25) is 5.02 Å². The molecular weight excluding hydrogens is 563 g/mol. The number of rotatable bonds is 7. The Balaban J connectivity index is 1.27. The van der Waals surface area contributed by atoms with Gasteiger partial charge in [-0.1, -0.05) is 60.8 Å². The normalized spacial score (nSPS) is 16.9. The summed E-state index contributed by atoms with van der Waals surface area (Å²) in [6, 6.07) is 15.9. The first-order chi connectivity index (χ1) is 20.3. The lowest BCUT2D eigenvalue weighted by atomic mass is 10.0. The van der Waals surface area contributed by atoms with Crippen LogP contribution in [0.5, 0.6) is 0 Å². The van der Waals surface area contributed by atoms with E-state index >= 15 is 0 Å². The summed E-state index contributed by atoms with van der Waals surface area (Å²) in [5.41, 5.74) is 1.62. The summed E-state index contributed by atoms with van der Waals surface area (Å²) in [5.74, 6) is 0.569. The van der Waals surface area contributed by atoms with Crippen LogP contribution in [0.4, 0.5) is 19.1 Å². The van der Waals surface area contributed by atoms with E-state index in [9.17, 15) is 18.0 Å². The van der Waals surface area contributed by atoms with Crippen LogP contribution >= 0.6 is 11.6 Å². The number of benzene rings is 2. The first-order valence-electron chi connectivity index (χ1n) is 14.6. The zero-order valence-corrected chi connectivity index (χ0v) is 24.0. The van der Waals surface area contributed by atoms with Gasteiger partial charge >= 0.3 is 6.18 Å². The fourth-order valence-corrected chi connectivity index (χ4v) is 6.57. The van der Waals surface area contributed by atoms with Gasteiger partial charge in [0.05, 0.1) is 10.6 Å². The number of hydrogen-bond acceptors (Lipinski definition) is 5. The summed E-state index contributed by atoms with van der Waals surface area (Å²) in [5, 5.41) is 3.89. The monoisotopic (exact) mass is 595 g/mol. The number of pyridine rings is 1. The molecule has 2 fully saturated rings. The highest BCUT2D eigenvalue weighted by Crippen LogP contribution is 2.39. The molecule has 6 rings (SSSR count). The quantitative estimate of drug-likeness (QED) is 0.248. The standard InChI is InChI=1S/C32H33ClF3N5O/c33-28-18-22(10-11-27(28)32(34,35)36)25-19-29(42)41(24-8-4-5-9-24)30-26(25)20-38-31(39-30)40-16-13-23(14-17-40)37-15-12-21-6-2-1-3-7-21/h1-3,6-7,10-11,18-20,23-24,37H,4-5,8-9,12-17H2. The Hall–Kier alpha value is -3.43. The van der Waals surface area contributed by atoms with Crippen molar-refractivity contribution in [3.63, 3.8) is 0 Å². The number of fused-ring (bicyclic) bond motifs is 1. The van der Waals surface area contributed by atoms with E-state index in [1.807, 2.05) is 6.07 Å². The second kappa shape index (κ2) is 12.1. The van der Waals surface area contributed by atoms with E-state index in [4.69, 9.17) is 16.6 Å². The summed E-state index contributed by atoms with van der Waals surface area (Å²) < 4.78 is 41.8. The van der Waals surface area contributed by atoms with Crippen LogP contribution < -0.4 is 15.8 Å². The van der Waals surface area contributed by atoms with Crippen LogP contribution in [0.3, 0.4) is 0 Å². The second-order valence-corrected chi connectivity index (χ2v) is 11.7. The molecule has 0 unspecified atom stereocenters. The minimum atomic E-state index is -4.56. The largest absolute Gasteiger partial charge is 0.417 e. The van der Waals surface area contributed by atoms with Crippen LogP contribution in [-0.4, -0.2) is 40.2 Å². The van der Waals surface area contributed by atoms with Gasteiger partial charge < -0.3 is 10.2 Å². The van der Waals surface area contributed by atoms with E-state index < -0.39 is 16.8 Å². The van der Waals surface area contributed by atoms with E-state index in [-0.39, 0.29) is 11.6 Å². The van der Waals surface area contributed by atoms with Crippen LogP contribution in [0.25, 0.3) is 22.2 Å². The molecule has 1 N–H and O–H groups in total. The maximum atomic E-state index is 13.5. The van der Waals surface area contributed by atoms with Crippen LogP contribution in [0.1, 0.15) is 55.7 Å². The highest BCUT2D eigenvalue weighted by Gasteiger charge is 2.33. The fraction of sp³-hybridized carbons (Fsp3) is 0.406. The number of hydrogen-bond donors (Lipinski definition) is 1. The lowest BCUT2D eigenvalue weighted by Crippen LogP contribution is -2.43. The number of alkyl halides is 3. The maximum absolute atomic E-state index is 13.5. The van der Waals surface area contributed by atoms with Crippen molar-refractivity contribution in [2.75, 3.05) is 24.5 Å². The van der Waals surface area contributed by atoms with Gasteiger partial charge in [-0.15, -0.1) is 0 Å². The lowest BCUT2D eigenvalue weighted by molar-refractivity contribution is -0.137. The van der Waals surface area contributed by atoms with E-state index in [0.29, 0.717) is 34.2 Å². The van der Waals surface area contributed by atoms with Gasteiger partial charge in [-0.3, -0.25) is 9.36 Å². The Bertz CT molecular complexity index is 1610. The molecule has 2 aromatic heterocycles. The SMILES string of the molecule is O=c1cc(-c2ccc(C(F)(F)F)c(Cl)c2)c2cnc(N3CCC(NCCc4ccccc4)CC3)nc2n1C1CCCC1. The van der Waals surface area contributed by atoms with Crippen molar-refractivity contribution < 1.29 is 13.2 Å². The van der Waals surface area contributed by atoms with E-state index in [1.54, 1.807) is 10.8 Å². The van der Waals surface area contributed by atoms with Gasteiger partial charge in [-0.05, 0) is 67.5 Å². The van der Waals surface area contributed by atoms with Crippen molar-refractivity contribution in [3.05, 3.63) is 87.3 Å². The van der Waals surface area contributed by atoms with Gasteiger partial charge in [-0.25, -0.2) is 4.98 Å². The molecule has 3 heterocycles. The van der Waals surface area contributed by atoms with Gasteiger partial charge in [0.2, 0.25) is 5.95 Å².